The number of carbonyl (C=O) groups is 1. The lowest BCUT2D eigenvalue weighted by Gasteiger charge is -2.34. The monoisotopic (exact) mass is 412 g/mol. The van der Waals surface area contributed by atoms with Crippen LogP contribution in [0.15, 0.2) is 36.4 Å². The van der Waals surface area contributed by atoms with E-state index in [0.717, 1.165) is 43.4 Å². The molecule has 1 saturated heterocycles. The van der Waals surface area contributed by atoms with Crippen LogP contribution in [0.2, 0.25) is 0 Å². The summed E-state index contributed by atoms with van der Waals surface area (Å²) in [6.07, 6.45) is 0. The summed E-state index contributed by atoms with van der Waals surface area (Å²) in [5.74, 6) is -0.499. The minimum Gasteiger partial charge on any atom is -0.351 e. The molecule has 7 heteroatoms. The number of amides is 1. The Labute approximate surface area is 174 Å². The first kappa shape index (κ1) is 19.8. The number of anilines is 1. The second kappa shape index (κ2) is 8.47. The Morgan fingerprint density at radius 1 is 1.14 bits per heavy atom. The van der Waals surface area contributed by atoms with Gasteiger partial charge >= 0.3 is 0 Å². The van der Waals surface area contributed by atoms with Gasteiger partial charge in [0.05, 0.1) is 10.2 Å². The van der Waals surface area contributed by atoms with Gasteiger partial charge in [0.1, 0.15) is 5.82 Å². The molecule has 1 N–H and O–H groups in total. The van der Waals surface area contributed by atoms with Gasteiger partial charge in [0.15, 0.2) is 5.13 Å². The molecule has 0 bridgehead atoms. The largest absolute Gasteiger partial charge is 0.351 e. The van der Waals surface area contributed by atoms with Crippen molar-refractivity contribution in [1.29, 1.82) is 0 Å². The SMILES string of the molecule is Cc1cc(C)c2sc(N3CCN(CCNC(=O)c4ccc(F)cc4)CC3)nc2c1. The van der Waals surface area contributed by atoms with E-state index < -0.39 is 0 Å². The zero-order valence-corrected chi connectivity index (χ0v) is 17.6. The smallest absolute Gasteiger partial charge is 0.251 e. The van der Waals surface area contributed by atoms with Crippen molar-refractivity contribution in [1.82, 2.24) is 15.2 Å². The van der Waals surface area contributed by atoms with Gasteiger partial charge in [-0.25, -0.2) is 9.37 Å². The summed E-state index contributed by atoms with van der Waals surface area (Å²) in [4.78, 5) is 21.7. The highest BCUT2D eigenvalue weighted by Crippen LogP contribution is 2.32. The van der Waals surface area contributed by atoms with Gasteiger partial charge in [0, 0.05) is 44.8 Å². The third kappa shape index (κ3) is 4.57. The van der Waals surface area contributed by atoms with Gasteiger partial charge in [-0.2, -0.15) is 0 Å². The second-order valence-electron chi connectivity index (χ2n) is 7.52. The number of nitrogens with one attached hydrogen (secondary N) is 1. The molecule has 1 aromatic heterocycles. The van der Waals surface area contributed by atoms with E-state index in [4.69, 9.17) is 4.98 Å². The molecule has 29 heavy (non-hydrogen) atoms. The Bertz CT molecular complexity index is 1010. The van der Waals surface area contributed by atoms with Crippen LogP contribution < -0.4 is 10.2 Å². The molecule has 1 amide bonds. The predicted octanol–water partition coefficient (Wildman–Crippen LogP) is 3.60. The number of hydrogen-bond donors (Lipinski definition) is 1. The third-order valence-corrected chi connectivity index (χ3v) is 6.54. The Balaban J connectivity index is 1.27. The van der Waals surface area contributed by atoms with Gasteiger partial charge in [-0.15, -0.1) is 0 Å². The molecule has 0 aliphatic carbocycles. The fourth-order valence-corrected chi connectivity index (χ4v) is 4.76. The van der Waals surface area contributed by atoms with Crippen molar-refractivity contribution in [3.05, 3.63) is 58.9 Å². The Morgan fingerprint density at radius 3 is 2.59 bits per heavy atom. The topological polar surface area (TPSA) is 48.5 Å². The Morgan fingerprint density at radius 2 is 1.86 bits per heavy atom. The van der Waals surface area contributed by atoms with E-state index in [0.29, 0.717) is 12.1 Å². The summed E-state index contributed by atoms with van der Waals surface area (Å²) in [5, 5.41) is 4.01. The van der Waals surface area contributed by atoms with E-state index in [1.165, 1.54) is 40.1 Å². The number of rotatable bonds is 5. The molecule has 4 rings (SSSR count). The van der Waals surface area contributed by atoms with Crippen molar-refractivity contribution in [2.24, 2.45) is 0 Å². The molecular weight excluding hydrogens is 387 g/mol. The zero-order valence-electron chi connectivity index (χ0n) is 16.7. The maximum absolute atomic E-state index is 13.0. The number of thiazole rings is 1. The summed E-state index contributed by atoms with van der Waals surface area (Å²) < 4.78 is 14.2. The quantitative estimate of drug-likeness (QED) is 0.696. The van der Waals surface area contributed by atoms with Crippen LogP contribution in [0, 0.1) is 19.7 Å². The van der Waals surface area contributed by atoms with E-state index in [-0.39, 0.29) is 11.7 Å². The number of piperazine rings is 1. The van der Waals surface area contributed by atoms with Crippen LogP contribution in [0.25, 0.3) is 10.2 Å². The number of hydrogen-bond acceptors (Lipinski definition) is 5. The number of halogens is 1. The van der Waals surface area contributed by atoms with Gasteiger partial charge < -0.3 is 10.2 Å². The number of nitrogens with zero attached hydrogens (tertiary/aromatic N) is 3. The number of carbonyl (C=O) groups excluding carboxylic acids is 1. The van der Waals surface area contributed by atoms with E-state index in [1.807, 2.05) is 0 Å². The maximum atomic E-state index is 13.0. The molecule has 5 nitrogen and oxygen atoms in total. The van der Waals surface area contributed by atoms with Crippen LogP contribution in [0.4, 0.5) is 9.52 Å². The first-order chi connectivity index (χ1) is 14.0. The van der Waals surface area contributed by atoms with Gasteiger partial charge in [0.2, 0.25) is 0 Å². The van der Waals surface area contributed by atoms with Crippen molar-refractivity contribution in [2.75, 3.05) is 44.2 Å². The summed E-state index contributed by atoms with van der Waals surface area (Å²) in [6, 6.07) is 9.98. The van der Waals surface area contributed by atoms with Gasteiger partial charge in [-0.1, -0.05) is 17.4 Å². The normalized spacial score (nSPS) is 15.1. The molecule has 0 saturated carbocycles. The molecule has 0 spiro atoms. The summed E-state index contributed by atoms with van der Waals surface area (Å²) in [7, 11) is 0. The zero-order chi connectivity index (χ0) is 20.4. The fourth-order valence-electron chi connectivity index (χ4n) is 3.69. The molecule has 2 aromatic carbocycles. The van der Waals surface area contributed by atoms with Gasteiger partial charge in [-0.3, -0.25) is 9.69 Å². The lowest BCUT2D eigenvalue weighted by Crippen LogP contribution is -2.48. The molecule has 0 unspecified atom stereocenters. The van der Waals surface area contributed by atoms with Crippen molar-refractivity contribution in [2.45, 2.75) is 13.8 Å². The van der Waals surface area contributed by atoms with Crippen LogP contribution in [-0.4, -0.2) is 55.1 Å². The summed E-state index contributed by atoms with van der Waals surface area (Å²) >= 11 is 1.77. The summed E-state index contributed by atoms with van der Waals surface area (Å²) in [5.41, 5.74) is 4.12. The Hall–Kier alpha value is -2.51. The first-order valence-corrected chi connectivity index (χ1v) is 10.7. The molecule has 152 valence electrons. The van der Waals surface area contributed by atoms with Gasteiger partial charge in [0.25, 0.3) is 5.91 Å². The highest BCUT2D eigenvalue weighted by Gasteiger charge is 2.20. The van der Waals surface area contributed by atoms with Crippen LogP contribution in [0.5, 0.6) is 0 Å². The van der Waals surface area contributed by atoms with Crippen molar-refractivity contribution in [3.63, 3.8) is 0 Å². The lowest BCUT2D eigenvalue weighted by molar-refractivity contribution is 0.0947. The molecule has 2 heterocycles. The van der Waals surface area contributed by atoms with Crippen molar-refractivity contribution in [3.8, 4) is 0 Å². The maximum Gasteiger partial charge on any atom is 0.251 e. The number of aryl methyl sites for hydroxylation is 2. The van der Waals surface area contributed by atoms with Crippen molar-refractivity contribution < 1.29 is 9.18 Å². The number of benzene rings is 2. The molecule has 0 atom stereocenters. The molecule has 0 radical (unpaired) electrons. The highest BCUT2D eigenvalue weighted by molar-refractivity contribution is 7.22. The van der Waals surface area contributed by atoms with Crippen LogP contribution in [0.1, 0.15) is 21.5 Å². The standard InChI is InChI=1S/C22H25FN4OS/c1-15-13-16(2)20-19(14-15)25-22(29-20)27-11-9-26(10-12-27)8-7-24-21(28)17-3-5-18(23)6-4-17/h3-6,13-14H,7-12H2,1-2H3,(H,24,28). The van der Waals surface area contributed by atoms with Gasteiger partial charge in [-0.05, 0) is 55.3 Å². The minimum absolute atomic E-state index is 0.163. The van der Waals surface area contributed by atoms with Crippen LogP contribution in [0.3, 0.4) is 0 Å². The van der Waals surface area contributed by atoms with E-state index >= 15 is 0 Å². The van der Waals surface area contributed by atoms with Crippen molar-refractivity contribution >= 4 is 32.6 Å². The highest BCUT2D eigenvalue weighted by atomic mass is 32.1. The third-order valence-electron chi connectivity index (χ3n) is 5.27. The molecule has 1 fully saturated rings. The van der Waals surface area contributed by atoms with E-state index in [1.54, 1.807) is 11.3 Å². The molecule has 3 aromatic rings. The predicted molar refractivity (Wildman–Crippen MR) is 116 cm³/mol. The number of aromatic nitrogens is 1. The average Bonchev–Trinajstić information content (AvgIpc) is 3.13. The van der Waals surface area contributed by atoms with Crippen LogP contribution >= 0.6 is 11.3 Å². The fraction of sp³-hybridized carbons (Fsp3) is 0.364. The van der Waals surface area contributed by atoms with E-state index in [9.17, 15) is 9.18 Å². The number of fused-ring (bicyclic) bond motifs is 1. The second-order valence-corrected chi connectivity index (χ2v) is 8.50. The summed E-state index contributed by atoms with van der Waals surface area (Å²) in [6.45, 7) is 9.40. The van der Waals surface area contributed by atoms with Crippen LogP contribution in [-0.2, 0) is 0 Å². The average molecular weight is 413 g/mol. The lowest BCUT2D eigenvalue weighted by atomic mass is 10.1. The van der Waals surface area contributed by atoms with E-state index in [2.05, 4.69) is 41.1 Å². The molecular formula is C22H25FN4OS. The first-order valence-electron chi connectivity index (χ1n) is 9.88. The molecule has 1 aliphatic rings. The molecule has 1 aliphatic heterocycles. The Kier molecular flexibility index (Phi) is 5.78. The minimum atomic E-state index is -0.335.